The van der Waals surface area contributed by atoms with Gasteiger partial charge in [0.25, 0.3) is 5.88 Å². The molecule has 0 radical (unpaired) electrons. The molecular weight excluding hydrogens is 385 g/mol. The molecule has 0 spiro atoms. The van der Waals surface area contributed by atoms with Crippen molar-refractivity contribution in [2.75, 3.05) is 36.7 Å². The minimum Gasteiger partial charge on any atom is -0.478 e. The minimum absolute atomic E-state index is 0.233. The van der Waals surface area contributed by atoms with E-state index in [-0.39, 0.29) is 12.6 Å². The highest BCUT2D eigenvalue weighted by atomic mass is 32.2. The van der Waals surface area contributed by atoms with Gasteiger partial charge < -0.3 is 19.5 Å². The Kier molecular flexibility index (Phi) is 4.98. The van der Waals surface area contributed by atoms with Gasteiger partial charge in [-0.2, -0.15) is 9.97 Å². The van der Waals surface area contributed by atoms with Crippen molar-refractivity contribution in [3.05, 3.63) is 12.5 Å². The van der Waals surface area contributed by atoms with E-state index in [1.165, 1.54) is 11.9 Å². The van der Waals surface area contributed by atoms with E-state index in [1.54, 1.807) is 31.4 Å². The van der Waals surface area contributed by atoms with Crippen molar-refractivity contribution < 1.29 is 9.13 Å². The number of aryl methyl sites for hydroxylation is 2. The minimum atomic E-state index is -0.992. The maximum Gasteiger partial charge on any atom is 0.256 e. The molecule has 2 unspecified atom stereocenters. The SMILES string of the molecule is COc1nn(C)cc1Nc1nc(N2CC(F)C(NSC)C2)nc2c1ncn2C. The van der Waals surface area contributed by atoms with Gasteiger partial charge in [-0.05, 0) is 6.26 Å². The lowest BCUT2D eigenvalue weighted by atomic mass is 10.2. The second kappa shape index (κ2) is 7.43. The van der Waals surface area contributed by atoms with Gasteiger partial charge in [0.1, 0.15) is 11.9 Å². The first-order valence-electron chi connectivity index (χ1n) is 8.71. The number of nitrogens with one attached hydrogen (secondary N) is 2. The van der Waals surface area contributed by atoms with Gasteiger partial charge in [0.2, 0.25) is 5.95 Å². The number of aromatic nitrogens is 6. The summed E-state index contributed by atoms with van der Waals surface area (Å²) >= 11 is 1.41. The molecule has 2 atom stereocenters. The van der Waals surface area contributed by atoms with Crippen LogP contribution in [0.2, 0.25) is 0 Å². The molecule has 1 aliphatic heterocycles. The zero-order valence-corrected chi connectivity index (χ0v) is 16.9. The van der Waals surface area contributed by atoms with Crippen molar-refractivity contribution in [2.24, 2.45) is 14.1 Å². The van der Waals surface area contributed by atoms with Gasteiger partial charge >= 0.3 is 0 Å². The van der Waals surface area contributed by atoms with E-state index in [9.17, 15) is 4.39 Å². The molecule has 1 saturated heterocycles. The second-order valence-electron chi connectivity index (χ2n) is 6.60. The van der Waals surface area contributed by atoms with Crippen LogP contribution in [0.25, 0.3) is 11.2 Å². The molecule has 1 aliphatic rings. The van der Waals surface area contributed by atoms with E-state index < -0.39 is 6.17 Å². The van der Waals surface area contributed by atoms with Gasteiger partial charge in [0, 0.05) is 20.6 Å². The van der Waals surface area contributed by atoms with Gasteiger partial charge in [0.15, 0.2) is 17.0 Å². The Morgan fingerprint density at radius 3 is 2.86 bits per heavy atom. The molecule has 3 aromatic rings. The zero-order valence-electron chi connectivity index (χ0n) is 16.0. The molecule has 0 saturated carbocycles. The monoisotopic (exact) mass is 407 g/mol. The molecule has 12 heteroatoms. The Morgan fingerprint density at radius 1 is 1.29 bits per heavy atom. The van der Waals surface area contributed by atoms with Crippen LogP contribution in [0.3, 0.4) is 0 Å². The summed E-state index contributed by atoms with van der Waals surface area (Å²) in [6.07, 6.45) is 4.36. The molecule has 28 heavy (non-hydrogen) atoms. The first-order valence-corrected chi connectivity index (χ1v) is 9.94. The smallest absolute Gasteiger partial charge is 0.256 e. The molecule has 1 fully saturated rings. The van der Waals surface area contributed by atoms with Crippen molar-refractivity contribution in [3.63, 3.8) is 0 Å². The Morgan fingerprint density at radius 2 is 2.11 bits per heavy atom. The molecule has 4 rings (SSSR count). The average molecular weight is 407 g/mol. The highest BCUT2D eigenvalue weighted by molar-refractivity contribution is 7.96. The van der Waals surface area contributed by atoms with Gasteiger partial charge in [-0.1, -0.05) is 11.9 Å². The van der Waals surface area contributed by atoms with Gasteiger partial charge in [0.05, 0.1) is 32.2 Å². The Balaban J connectivity index is 1.72. The topological polar surface area (TPSA) is 97.9 Å². The summed E-state index contributed by atoms with van der Waals surface area (Å²) in [6.45, 7) is 0.720. The predicted octanol–water partition coefficient (Wildman–Crippen LogP) is 1.24. The lowest BCUT2D eigenvalue weighted by molar-refractivity contribution is 0.324. The summed E-state index contributed by atoms with van der Waals surface area (Å²) in [5.41, 5.74) is 1.94. The molecule has 0 bridgehead atoms. The highest BCUT2D eigenvalue weighted by Crippen LogP contribution is 2.30. The van der Waals surface area contributed by atoms with Crippen LogP contribution in [0.15, 0.2) is 12.5 Å². The second-order valence-corrected chi connectivity index (χ2v) is 7.24. The summed E-state index contributed by atoms with van der Waals surface area (Å²) in [5.74, 6) is 1.42. The molecule has 4 heterocycles. The van der Waals surface area contributed by atoms with Crippen LogP contribution in [0.4, 0.5) is 21.8 Å². The maximum atomic E-state index is 14.4. The number of alkyl halides is 1. The molecule has 3 aromatic heterocycles. The van der Waals surface area contributed by atoms with Crippen LogP contribution in [-0.2, 0) is 14.1 Å². The third-order valence-electron chi connectivity index (χ3n) is 4.59. The quantitative estimate of drug-likeness (QED) is 0.585. The number of halogens is 1. The van der Waals surface area contributed by atoms with Crippen LogP contribution in [0.5, 0.6) is 5.88 Å². The Bertz CT molecular complexity index is 990. The number of hydrogen-bond donors (Lipinski definition) is 2. The van der Waals surface area contributed by atoms with Gasteiger partial charge in [-0.15, -0.1) is 5.10 Å². The van der Waals surface area contributed by atoms with E-state index in [0.717, 1.165) is 0 Å². The lowest BCUT2D eigenvalue weighted by Gasteiger charge is -2.17. The summed E-state index contributed by atoms with van der Waals surface area (Å²) in [4.78, 5) is 15.5. The first-order chi connectivity index (χ1) is 13.5. The molecule has 0 aliphatic carbocycles. The van der Waals surface area contributed by atoms with Gasteiger partial charge in [-0.25, -0.2) is 9.37 Å². The third-order valence-corrected chi connectivity index (χ3v) is 5.13. The average Bonchev–Trinajstić information content (AvgIpc) is 3.33. The number of methoxy groups -OCH3 is 1. The lowest BCUT2D eigenvalue weighted by Crippen LogP contribution is -2.32. The fourth-order valence-electron chi connectivity index (χ4n) is 3.25. The Hall–Kier alpha value is -2.60. The fraction of sp³-hybridized carbons (Fsp3) is 0.500. The van der Waals surface area contributed by atoms with Crippen LogP contribution in [0, 0.1) is 0 Å². The van der Waals surface area contributed by atoms with E-state index in [1.807, 2.05) is 22.8 Å². The number of hydrogen-bond acceptors (Lipinski definition) is 9. The van der Waals surface area contributed by atoms with E-state index >= 15 is 0 Å². The van der Waals surface area contributed by atoms with Gasteiger partial charge in [-0.3, -0.25) is 9.40 Å². The number of ether oxygens (including phenoxy) is 1. The number of rotatable bonds is 6. The standard InChI is InChI=1S/C16H22FN9OS/c1-24-8-18-12-13(19-11-6-25(2)22-15(11)27-3)20-16(21-14(12)24)26-5-9(17)10(7-26)23-28-4/h6,8-10,23H,5,7H2,1-4H3,(H,19,20,21). The summed E-state index contributed by atoms with van der Waals surface area (Å²) in [5, 5.41) is 7.48. The number of nitrogens with zero attached hydrogens (tertiary/aromatic N) is 7. The number of imidazole rings is 1. The van der Waals surface area contributed by atoms with Crippen LogP contribution in [0.1, 0.15) is 0 Å². The molecule has 150 valence electrons. The maximum absolute atomic E-state index is 14.4. The molecule has 2 N–H and O–H groups in total. The molecule has 10 nitrogen and oxygen atoms in total. The van der Waals surface area contributed by atoms with Crippen molar-refractivity contribution in [1.29, 1.82) is 0 Å². The van der Waals surface area contributed by atoms with E-state index in [4.69, 9.17) is 4.74 Å². The van der Waals surface area contributed by atoms with Crippen molar-refractivity contribution >= 4 is 40.6 Å². The zero-order chi connectivity index (χ0) is 19.8. The van der Waals surface area contributed by atoms with Crippen molar-refractivity contribution in [1.82, 2.24) is 34.0 Å². The third kappa shape index (κ3) is 3.33. The number of anilines is 3. The molecular formula is C16H22FN9OS. The van der Waals surface area contributed by atoms with Crippen LogP contribution < -0.4 is 19.7 Å². The molecule has 0 amide bonds. The van der Waals surface area contributed by atoms with Crippen LogP contribution in [-0.4, -0.2) is 68.0 Å². The summed E-state index contributed by atoms with van der Waals surface area (Å²) in [6, 6.07) is -0.268. The Labute approximate surface area is 165 Å². The fourth-order valence-corrected chi connectivity index (χ4v) is 3.77. The van der Waals surface area contributed by atoms with E-state index in [2.05, 4.69) is 30.1 Å². The summed E-state index contributed by atoms with van der Waals surface area (Å²) in [7, 11) is 5.22. The largest absolute Gasteiger partial charge is 0.478 e. The highest BCUT2D eigenvalue weighted by Gasteiger charge is 2.34. The van der Waals surface area contributed by atoms with Crippen molar-refractivity contribution in [2.45, 2.75) is 12.2 Å². The van der Waals surface area contributed by atoms with Crippen LogP contribution >= 0.6 is 11.9 Å². The molecule has 0 aromatic carbocycles. The predicted molar refractivity (Wildman–Crippen MR) is 107 cm³/mol. The number of fused-ring (bicyclic) bond motifs is 1. The first kappa shape index (κ1) is 18.7. The normalized spacial score (nSPS) is 19.5. The van der Waals surface area contributed by atoms with E-state index in [0.29, 0.717) is 41.0 Å². The van der Waals surface area contributed by atoms with Crippen molar-refractivity contribution in [3.8, 4) is 5.88 Å². The summed E-state index contributed by atoms with van der Waals surface area (Å²) < 4.78 is 26.2.